The van der Waals surface area contributed by atoms with E-state index in [9.17, 15) is 8.78 Å². The van der Waals surface area contributed by atoms with Gasteiger partial charge in [0, 0.05) is 51.1 Å². The van der Waals surface area contributed by atoms with Crippen molar-refractivity contribution in [3.63, 3.8) is 0 Å². The van der Waals surface area contributed by atoms with E-state index >= 15 is 0 Å². The minimum atomic E-state index is -2.55. The molecule has 3 aliphatic rings. The van der Waals surface area contributed by atoms with Crippen molar-refractivity contribution in [3.05, 3.63) is 11.9 Å². The van der Waals surface area contributed by atoms with Crippen molar-refractivity contribution in [2.75, 3.05) is 49.6 Å². The zero-order chi connectivity index (χ0) is 21.4. The Labute approximate surface area is 184 Å². The molecule has 0 bridgehead atoms. The molecule has 11 heteroatoms. The van der Waals surface area contributed by atoms with E-state index in [1.54, 1.807) is 0 Å². The zero-order valence-electron chi connectivity index (χ0n) is 17.6. The number of hydrogen-bond acceptors (Lipinski definition) is 9. The molecular formula is C20H27F2N7OS. The van der Waals surface area contributed by atoms with Gasteiger partial charge in [0.2, 0.25) is 5.92 Å². The van der Waals surface area contributed by atoms with Crippen molar-refractivity contribution < 1.29 is 13.5 Å². The van der Waals surface area contributed by atoms with Crippen molar-refractivity contribution in [2.24, 2.45) is 0 Å². The van der Waals surface area contributed by atoms with Gasteiger partial charge in [0.15, 0.2) is 10.8 Å². The first kappa shape index (κ1) is 20.9. The molecule has 0 unspecified atom stereocenters. The van der Waals surface area contributed by atoms with Crippen LogP contribution in [0.15, 0.2) is 6.07 Å². The van der Waals surface area contributed by atoms with Gasteiger partial charge < -0.3 is 15.0 Å². The molecule has 5 rings (SSSR count). The van der Waals surface area contributed by atoms with Crippen molar-refractivity contribution in [2.45, 2.75) is 50.6 Å². The van der Waals surface area contributed by atoms with Crippen LogP contribution in [0.1, 0.15) is 31.5 Å². The summed E-state index contributed by atoms with van der Waals surface area (Å²) in [5.41, 5.74) is 0. The average Bonchev–Trinajstić information content (AvgIpc) is 3.15. The highest BCUT2D eigenvalue weighted by atomic mass is 32.1. The summed E-state index contributed by atoms with van der Waals surface area (Å²) in [6.45, 7) is 7.16. The van der Waals surface area contributed by atoms with Crippen molar-refractivity contribution in [3.8, 4) is 10.8 Å². The molecule has 31 heavy (non-hydrogen) atoms. The number of anilines is 2. The summed E-state index contributed by atoms with van der Waals surface area (Å²) in [6.07, 6.45) is 0.694. The maximum Gasteiger partial charge on any atom is 0.248 e. The smallest absolute Gasteiger partial charge is 0.248 e. The van der Waals surface area contributed by atoms with E-state index in [0.29, 0.717) is 41.4 Å². The van der Waals surface area contributed by atoms with Gasteiger partial charge in [-0.15, -0.1) is 0 Å². The van der Waals surface area contributed by atoms with E-state index in [0.717, 1.165) is 45.2 Å². The van der Waals surface area contributed by atoms with Gasteiger partial charge in [0.25, 0.3) is 0 Å². The Morgan fingerprint density at radius 3 is 2.45 bits per heavy atom. The number of rotatable bonds is 5. The van der Waals surface area contributed by atoms with Gasteiger partial charge in [-0.2, -0.15) is 4.37 Å². The van der Waals surface area contributed by atoms with Crippen LogP contribution in [0.5, 0.6) is 0 Å². The summed E-state index contributed by atoms with van der Waals surface area (Å²) >= 11 is 1.27. The minimum Gasteiger partial charge on any atom is -0.378 e. The van der Waals surface area contributed by atoms with Crippen LogP contribution in [0, 0.1) is 6.92 Å². The largest absolute Gasteiger partial charge is 0.378 e. The predicted molar refractivity (Wildman–Crippen MR) is 115 cm³/mol. The Morgan fingerprint density at radius 1 is 1.10 bits per heavy atom. The molecule has 2 aromatic heterocycles. The fourth-order valence-corrected chi connectivity index (χ4v) is 4.90. The monoisotopic (exact) mass is 451 g/mol. The van der Waals surface area contributed by atoms with E-state index in [1.807, 2.05) is 13.0 Å². The molecule has 2 aromatic rings. The third-order valence-electron chi connectivity index (χ3n) is 6.28. The molecule has 0 spiro atoms. The van der Waals surface area contributed by atoms with Gasteiger partial charge in [-0.1, -0.05) is 0 Å². The zero-order valence-corrected chi connectivity index (χ0v) is 18.4. The predicted octanol–water partition coefficient (Wildman–Crippen LogP) is 2.81. The van der Waals surface area contributed by atoms with Gasteiger partial charge in [-0.3, -0.25) is 4.90 Å². The molecule has 2 aliphatic heterocycles. The lowest BCUT2D eigenvalue weighted by molar-refractivity contribution is -0.0661. The van der Waals surface area contributed by atoms with Crippen molar-refractivity contribution in [1.29, 1.82) is 0 Å². The number of halogens is 2. The van der Waals surface area contributed by atoms with Gasteiger partial charge in [-0.25, -0.2) is 23.7 Å². The molecule has 1 aliphatic carbocycles. The van der Waals surface area contributed by atoms with Crippen LogP contribution in [0.2, 0.25) is 0 Å². The standard InChI is InChI=1S/C20H27F2N7OS/c1-13-23-19(31-27-13)18-25-16(24-14-2-4-20(21,22)5-3-14)10-17(26-18)29-8-6-28(7-9-29)15-11-30-12-15/h10,14-15H,2-9,11-12H2,1H3,(H,24,25,26). The highest BCUT2D eigenvalue weighted by Gasteiger charge is 2.35. The average molecular weight is 452 g/mol. The lowest BCUT2D eigenvalue weighted by Crippen LogP contribution is -2.56. The van der Waals surface area contributed by atoms with E-state index in [2.05, 4.69) is 29.5 Å². The first-order chi connectivity index (χ1) is 14.9. The molecule has 8 nitrogen and oxygen atoms in total. The number of hydrogen-bond donors (Lipinski definition) is 1. The van der Waals surface area contributed by atoms with Gasteiger partial charge >= 0.3 is 0 Å². The van der Waals surface area contributed by atoms with Crippen LogP contribution in [0.4, 0.5) is 20.4 Å². The quantitative estimate of drug-likeness (QED) is 0.744. The van der Waals surface area contributed by atoms with E-state index in [-0.39, 0.29) is 18.9 Å². The number of nitrogens with one attached hydrogen (secondary N) is 1. The lowest BCUT2D eigenvalue weighted by atomic mass is 9.92. The second-order valence-electron chi connectivity index (χ2n) is 8.57. The van der Waals surface area contributed by atoms with Crippen LogP contribution < -0.4 is 10.2 Å². The Bertz CT molecular complexity index is 905. The van der Waals surface area contributed by atoms with Crippen LogP contribution in [-0.4, -0.2) is 81.6 Å². The molecule has 0 aromatic carbocycles. The molecular weight excluding hydrogens is 424 g/mol. The Balaban J connectivity index is 1.35. The second-order valence-corrected chi connectivity index (χ2v) is 9.32. The Morgan fingerprint density at radius 2 is 1.84 bits per heavy atom. The highest BCUT2D eigenvalue weighted by Crippen LogP contribution is 2.34. The molecule has 3 fully saturated rings. The molecule has 1 saturated carbocycles. The maximum atomic E-state index is 13.5. The summed E-state index contributed by atoms with van der Waals surface area (Å²) in [5.74, 6) is 0.176. The number of alkyl halides is 2. The van der Waals surface area contributed by atoms with Gasteiger partial charge in [0.05, 0.1) is 19.3 Å². The summed E-state index contributed by atoms with van der Waals surface area (Å²) in [6, 6.07) is 2.46. The Kier molecular flexibility index (Phi) is 5.74. The third kappa shape index (κ3) is 4.78. The molecule has 4 heterocycles. The SMILES string of the molecule is Cc1nsc(-c2nc(NC3CCC(F)(F)CC3)cc(N3CCN(C4COC4)CC3)n2)n1. The fraction of sp³-hybridized carbons (Fsp3) is 0.700. The molecule has 168 valence electrons. The van der Waals surface area contributed by atoms with Crippen LogP contribution >= 0.6 is 11.5 Å². The third-order valence-corrected chi connectivity index (χ3v) is 7.08. The van der Waals surface area contributed by atoms with E-state index < -0.39 is 5.92 Å². The number of aryl methyl sites for hydroxylation is 1. The van der Waals surface area contributed by atoms with E-state index in [1.165, 1.54) is 11.5 Å². The number of ether oxygens (including phenoxy) is 1. The molecule has 1 N–H and O–H groups in total. The van der Waals surface area contributed by atoms with Gasteiger partial charge in [0.1, 0.15) is 17.5 Å². The normalized spacial score (nSPS) is 23.0. The topological polar surface area (TPSA) is 79.3 Å². The summed E-state index contributed by atoms with van der Waals surface area (Å²) in [4.78, 5) is 18.6. The minimum absolute atomic E-state index is 0.0122. The van der Waals surface area contributed by atoms with E-state index in [4.69, 9.17) is 9.72 Å². The Hall–Kier alpha value is -1.98. The first-order valence-corrected chi connectivity index (χ1v) is 11.6. The highest BCUT2D eigenvalue weighted by molar-refractivity contribution is 7.09. The maximum absolute atomic E-state index is 13.5. The first-order valence-electron chi connectivity index (χ1n) is 10.9. The molecule has 0 atom stereocenters. The number of piperazine rings is 1. The fourth-order valence-electron chi connectivity index (χ4n) is 4.30. The lowest BCUT2D eigenvalue weighted by Gasteiger charge is -2.42. The van der Waals surface area contributed by atoms with Crippen molar-refractivity contribution >= 4 is 23.2 Å². The van der Waals surface area contributed by atoms with Crippen LogP contribution in [0.3, 0.4) is 0 Å². The summed E-state index contributed by atoms with van der Waals surface area (Å²) < 4.78 is 36.7. The number of nitrogens with zero attached hydrogens (tertiary/aromatic N) is 6. The van der Waals surface area contributed by atoms with Gasteiger partial charge in [-0.05, 0) is 31.3 Å². The molecule has 2 saturated heterocycles. The number of aromatic nitrogens is 4. The molecule has 0 amide bonds. The van der Waals surface area contributed by atoms with Crippen molar-refractivity contribution in [1.82, 2.24) is 24.2 Å². The van der Waals surface area contributed by atoms with Crippen LogP contribution in [0.25, 0.3) is 10.8 Å². The molecule has 0 radical (unpaired) electrons. The summed E-state index contributed by atoms with van der Waals surface area (Å²) in [5, 5.41) is 4.05. The second kappa shape index (κ2) is 8.51. The van der Waals surface area contributed by atoms with Crippen LogP contribution in [-0.2, 0) is 4.74 Å². The summed E-state index contributed by atoms with van der Waals surface area (Å²) in [7, 11) is 0.